The molecule has 0 radical (unpaired) electrons. The number of hydrogen-bond donors (Lipinski definition) is 1. The van der Waals surface area contributed by atoms with E-state index in [2.05, 4.69) is 26.0 Å². The van der Waals surface area contributed by atoms with Gasteiger partial charge < -0.3 is 10.1 Å². The first-order chi connectivity index (χ1) is 9.44. The fourth-order valence-electron chi connectivity index (χ4n) is 2.48. The summed E-state index contributed by atoms with van der Waals surface area (Å²) >= 11 is 3.27. The van der Waals surface area contributed by atoms with Crippen molar-refractivity contribution in [1.82, 2.24) is 0 Å². The first-order valence-electron chi connectivity index (χ1n) is 6.73. The predicted molar refractivity (Wildman–Crippen MR) is 75.9 cm³/mol. The third kappa shape index (κ3) is 4.89. The molecule has 1 aromatic rings. The second-order valence-corrected chi connectivity index (χ2v) is 5.93. The summed E-state index contributed by atoms with van der Waals surface area (Å²) in [4.78, 5) is 0. The van der Waals surface area contributed by atoms with E-state index in [1.807, 2.05) is 0 Å². The van der Waals surface area contributed by atoms with Gasteiger partial charge in [0.15, 0.2) is 0 Å². The van der Waals surface area contributed by atoms with Crippen molar-refractivity contribution in [3.8, 4) is 5.75 Å². The fourth-order valence-corrected chi connectivity index (χ4v) is 2.98. The Morgan fingerprint density at radius 3 is 2.50 bits per heavy atom. The van der Waals surface area contributed by atoms with Gasteiger partial charge >= 0.3 is 6.36 Å². The highest BCUT2D eigenvalue weighted by Gasteiger charge is 2.31. The van der Waals surface area contributed by atoms with Crippen LogP contribution in [-0.2, 0) is 0 Å². The van der Waals surface area contributed by atoms with E-state index in [0.717, 1.165) is 12.2 Å². The molecule has 1 aliphatic carbocycles. The molecule has 0 unspecified atom stereocenters. The molecule has 0 aliphatic heterocycles. The van der Waals surface area contributed by atoms with Crippen LogP contribution in [0.5, 0.6) is 5.75 Å². The lowest BCUT2D eigenvalue weighted by atomic mass is 9.89. The maximum Gasteiger partial charge on any atom is 0.573 e. The quantitative estimate of drug-likeness (QED) is 0.790. The summed E-state index contributed by atoms with van der Waals surface area (Å²) in [5, 5.41) is 3.29. The topological polar surface area (TPSA) is 21.3 Å². The molecule has 0 aromatic heterocycles. The van der Waals surface area contributed by atoms with Gasteiger partial charge in [0.25, 0.3) is 0 Å². The Morgan fingerprint density at radius 2 is 1.90 bits per heavy atom. The molecular weight excluding hydrogens is 335 g/mol. The highest BCUT2D eigenvalue weighted by atomic mass is 79.9. The average molecular weight is 352 g/mol. The van der Waals surface area contributed by atoms with E-state index in [0.29, 0.717) is 10.4 Å². The highest BCUT2D eigenvalue weighted by Crippen LogP contribution is 2.31. The van der Waals surface area contributed by atoms with Crippen LogP contribution in [0.4, 0.5) is 18.9 Å². The zero-order valence-corrected chi connectivity index (χ0v) is 12.6. The molecule has 1 saturated carbocycles. The van der Waals surface area contributed by atoms with Crippen LogP contribution >= 0.6 is 15.9 Å². The van der Waals surface area contributed by atoms with Gasteiger partial charge in [-0.25, -0.2) is 0 Å². The minimum Gasteiger partial charge on any atom is -0.406 e. The van der Waals surface area contributed by atoms with Crippen LogP contribution in [-0.4, -0.2) is 12.9 Å². The summed E-state index contributed by atoms with van der Waals surface area (Å²) in [5.74, 6) is 0.439. The SMILES string of the molecule is FC(F)(F)Oc1ccc(NCC2CCCCC2)c(Br)c1. The summed E-state index contributed by atoms with van der Waals surface area (Å²) in [7, 11) is 0. The lowest BCUT2D eigenvalue weighted by molar-refractivity contribution is -0.274. The van der Waals surface area contributed by atoms with Gasteiger partial charge in [-0.15, -0.1) is 13.2 Å². The highest BCUT2D eigenvalue weighted by molar-refractivity contribution is 9.10. The minimum absolute atomic E-state index is 0.215. The van der Waals surface area contributed by atoms with Crippen LogP contribution in [0, 0.1) is 5.92 Å². The molecule has 1 aliphatic rings. The van der Waals surface area contributed by atoms with E-state index in [1.54, 1.807) is 6.07 Å². The number of hydrogen-bond acceptors (Lipinski definition) is 2. The van der Waals surface area contributed by atoms with Crippen molar-refractivity contribution in [3.05, 3.63) is 22.7 Å². The van der Waals surface area contributed by atoms with Crippen LogP contribution in [0.15, 0.2) is 22.7 Å². The van der Waals surface area contributed by atoms with Crippen molar-refractivity contribution in [3.63, 3.8) is 0 Å². The van der Waals surface area contributed by atoms with E-state index >= 15 is 0 Å². The molecule has 0 heterocycles. The number of benzene rings is 1. The summed E-state index contributed by atoms with van der Waals surface area (Å²) in [6.07, 6.45) is 1.64. The summed E-state index contributed by atoms with van der Waals surface area (Å²) in [5.41, 5.74) is 0.796. The van der Waals surface area contributed by atoms with Gasteiger partial charge in [0.05, 0.1) is 0 Å². The van der Waals surface area contributed by atoms with E-state index in [9.17, 15) is 13.2 Å². The molecule has 0 atom stereocenters. The van der Waals surface area contributed by atoms with Gasteiger partial charge in [0.2, 0.25) is 0 Å². The average Bonchev–Trinajstić information content (AvgIpc) is 2.37. The largest absolute Gasteiger partial charge is 0.573 e. The standard InChI is InChI=1S/C14H17BrF3NO/c15-12-8-11(20-14(16,17)18)6-7-13(12)19-9-10-4-2-1-3-5-10/h6-8,10,19H,1-5,9H2. The van der Waals surface area contributed by atoms with Crippen LogP contribution < -0.4 is 10.1 Å². The lowest BCUT2D eigenvalue weighted by Crippen LogP contribution is -2.18. The van der Waals surface area contributed by atoms with Crippen molar-refractivity contribution >= 4 is 21.6 Å². The first kappa shape index (κ1) is 15.5. The van der Waals surface area contributed by atoms with Gasteiger partial charge in [0.1, 0.15) is 5.75 Å². The second-order valence-electron chi connectivity index (χ2n) is 5.07. The molecule has 1 aromatic carbocycles. The van der Waals surface area contributed by atoms with Crippen LogP contribution in [0.3, 0.4) is 0 Å². The van der Waals surface area contributed by atoms with E-state index in [4.69, 9.17) is 0 Å². The monoisotopic (exact) mass is 351 g/mol. The van der Waals surface area contributed by atoms with Crippen molar-refractivity contribution in [2.75, 3.05) is 11.9 Å². The molecule has 2 rings (SSSR count). The maximum atomic E-state index is 12.1. The van der Waals surface area contributed by atoms with E-state index in [-0.39, 0.29) is 5.75 Å². The fraction of sp³-hybridized carbons (Fsp3) is 0.571. The molecular formula is C14H17BrF3NO. The normalized spacial score (nSPS) is 17.0. The Balaban J connectivity index is 1.92. The number of anilines is 1. The molecule has 112 valence electrons. The number of alkyl halides is 3. The second kappa shape index (κ2) is 6.70. The third-order valence-electron chi connectivity index (χ3n) is 3.48. The van der Waals surface area contributed by atoms with Crippen molar-refractivity contribution in [1.29, 1.82) is 0 Å². The Labute approximate surface area is 124 Å². The molecule has 20 heavy (non-hydrogen) atoms. The zero-order chi connectivity index (χ0) is 14.6. The van der Waals surface area contributed by atoms with E-state index in [1.165, 1.54) is 44.2 Å². The van der Waals surface area contributed by atoms with Crippen molar-refractivity contribution in [2.24, 2.45) is 5.92 Å². The number of ether oxygens (including phenoxy) is 1. The van der Waals surface area contributed by atoms with E-state index < -0.39 is 6.36 Å². The molecule has 2 nitrogen and oxygen atoms in total. The van der Waals surface area contributed by atoms with Gasteiger partial charge in [-0.1, -0.05) is 19.3 Å². The van der Waals surface area contributed by atoms with Crippen molar-refractivity contribution in [2.45, 2.75) is 38.5 Å². The summed E-state index contributed by atoms with van der Waals surface area (Å²) in [6, 6.07) is 4.26. The summed E-state index contributed by atoms with van der Waals surface area (Å²) in [6.45, 7) is 0.859. The molecule has 0 spiro atoms. The lowest BCUT2D eigenvalue weighted by Gasteiger charge is -2.22. The molecule has 1 N–H and O–H groups in total. The zero-order valence-electron chi connectivity index (χ0n) is 11.0. The van der Waals surface area contributed by atoms with Gasteiger partial charge in [0, 0.05) is 16.7 Å². The van der Waals surface area contributed by atoms with Crippen molar-refractivity contribution < 1.29 is 17.9 Å². The Hall–Kier alpha value is -0.910. The first-order valence-corrected chi connectivity index (χ1v) is 7.52. The third-order valence-corrected chi connectivity index (χ3v) is 4.14. The maximum absolute atomic E-state index is 12.1. The molecule has 0 amide bonds. The number of halogens is 4. The Bertz CT molecular complexity index is 445. The number of nitrogens with one attached hydrogen (secondary N) is 1. The minimum atomic E-state index is -4.66. The van der Waals surface area contributed by atoms with Crippen LogP contribution in [0.2, 0.25) is 0 Å². The summed E-state index contributed by atoms with van der Waals surface area (Å²) < 4.78 is 40.8. The Kier molecular flexibility index (Phi) is 5.18. The molecule has 0 saturated heterocycles. The predicted octanol–water partition coefficient (Wildman–Crippen LogP) is 5.34. The smallest absolute Gasteiger partial charge is 0.406 e. The van der Waals surface area contributed by atoms with Gasteiger partial charge in [-0.2, -0.15) is 0 Å². The van der Waals surface area contributed by atoms with Gasteiger partial charge in [-0.3, -0.25) is 0 Å². The molecule has 0 bridgehead atoms. The number of rotatable bonds is 4. The molecule has 6 heteroatoms. The molecule has 1 fully saturated rings. The van der Waals surface area contributed by atoms with Crippen LogP contribution in [0.25, 0.3) is 0 Å². The van der Waals surface area contributed by atoms with Crippen LogP contribution in [0.1, 0.15) is 32.1 Å². The Morgan fingerprint density at radius 1 is 1.20 bits per heavy atom. The van der Waals surface area contributed by atoms with Gasteiger partial charge in [-0.05, 0) is 52.9 Å².